The zero-order chi connectivity index (χ0) is 18.0. The van der Waals surface area contributed by atoms with Gasteiger partial charge in [-0.25, -0.2) is 4.98 Å². The van der Waals surface area contributed by atoms with Crippen LogP contribution < -0.4 is 4.90 Å². The molecule has 0 radical (unpaired) electrons. The predicted molar refractivity (Wildman–Crippen MR) is 97.3 cm³/mol. The molecule has 1 N–H and O–H groups in total. The van der Waals surface area contributed by atoms with Crippen molar-refractivity contribution < 1.29 is 10.0 Å². The number of halogens is 2. The molecule has 2 heterocycles. The van der Waals surface area contributed by atoms with Crippen LogP contribution in [0, 0.1) is 16.0 Å². The maximum absolute atomic E-state index is 10.8. The van der Waals surface area contributed by atoms with Crippen molar-refractivity contribution in [1.29, 1.82) is 0 Å². The van der Waals surface area contributed by atoms with Crippen LogP contribution in [0.4, 0.5) is 11.5 Å². The quantitative estimate of drug-likeness (QED) is 0.632. The van der Waals surface area contributed by atoms with E-state index in [0.717, 1.165) is 18.4 Å². The smallest absolute Gasteiger partial charge is 0.289 e. The van der Waals surface area contributed by atoms with Crippen LogP contribution in [0.3, 0.4) is 0 Å². The molecule has 1 aromatic heterocycles. The van der Waals surface area contributed by atoms with Crippen LogP contribution in [0.15, 0.2) is 36.5 Å². The molecule has 6 nitrogen and oxygen atoms in total. The van der Waals surface area contributed by atoms with E-state index in [2.05, 4.69) is 4.98 Å². The van der Waals surface area contributed by atoms with Crippen molar-refractivity contribution in [2.45, 2.75) is 18.9 Å². The van der Waals surface area contributed by atoms with Crippen LogP contribution in [-0.4, -0.2) is 28.1 Å². The summed E-state index contributed by atoms with van der Waals surface area (Å²) < 4.78 is 0. The molecule has 1 fully saturated rings. The molecule has 0 bridgehead atoms. The van der Waals surface area contributed by atoms with Crippen LogP contribution in [-0.2, 0) is 0 Å². The summed E-state index contributed by atoms with van der Waals surface area (Å²) in [6.07, 6.45) is 2.23. The lowest BCUT2D eigenvalue weighted by atomic mass is 9.87. The van der Waals surface area contributed by atoms with Gasteiger partial charge in [-0.3, -0.25) is 10.1 Å². The molecule has 8 heteroatoms. The Kier molecular flexibility index (Phi) is 5.42. The van der Waals surface area contributed by atoms with Gasteiger partial charge >= 0.3 is 0 Å². The molecule has 0 amide bonds. The number of nitro groups is 1. The molecule has 25 heavy (non-hydrogen) atoms. The Morgan fingerprint density at radius 3 is 2.44 bits per heavy atom. The lowest BCUT2D eigenvalue weighted by Gasteiger charge is -2.35. The number of aliphatic hydroxyl groups is 1. The predicted octanol–water partition coefficient (Wildman–Crippen LogP) is 4.25. The van der Waals surface area contributed by atoms with Gasteiger partial charge in [0.05, 0.1) is 16.0 Å². The van der Waals surface area contributed by atoms with E-state index in [-0.39, 0.29) is 16.6 Å². The van der Waals surface area contributed by atoms with E-state index in [4.69, 9.17) is 23.2 Å². The van der Waals surface area contributed by atoms with Crippen molar-refractivity contribution >= 4 is 34.7 Å². The number of rotatable bonds is 4. The molecule has 132 valence electrons. The van der Waals surface area contributed by atoms with Crippen LogP contribution in [0.5, 0.6) is 0 Å². The summed E-state index contributed by atoms with van der Waals surface area (Å²) in [6, 6.07) is 8.55. The monoisotopic (exact) mass is 381 g/mol. The van der Waals surface area contributed by atoms with Crippen LogP contribution in [0.1, 0.15) is 24.5 Å². The minimum atomic E-state index is -0.542. The first-order chi connectivity index (χ1) is 12.0. The first-order valence-electron chi connectivity index (χ1n) is 7.94. The Hall–Kier alpha value is -1.89. The molecule has 0 saturated carbocycles. The summed E-state index contributed by atoms with van der Waals surface area (Å²) >= 11 is 12.0. The van der Waals surface area contributed by atoms with Gasteiger partial charge in [-0.1, -0.05) is 35.3 Å². The summed E-state index contributed by atoms with van der Waals surface area (Å²) in [4.78, 5) is 16.4. The van der Waals surface area contributed by atoms with Crippen molar-refractivity contribution in [2.24, 2.45) is 5.92 Å². The molecule has 1 aromatic carbocycles. The maximum atomic E-state index is 10.8. The standard InChI is InChI=1S/C17H17Cl2N3O3/c18-13-3-1-11(2-4-13)16(23)12-5-7-21(8-6-12)17-15(19)9-14(10-20-17)22(24)25/h1-4,9-10,12,16,23H,5-8H2. The molecule has 0 aliphatic carbocycles. The lowest BCUT2D eigenvalue weighted by Crippen LogP contribution is -2.36. The molecule has 0 spiro atoms. The normalized spacial score (nSPS) is 16.7. The van der Waals surface area contributed by atoms with Gasteiger partial charge < -0.3 is 10.0 Å². The molecule has 2 aromatic rings. The average molecular weight is 382 g/mol. The van der Waals surface area contributed by atoms with Gasteiger partial charge in [0.2, 0.25) is 0 Å². The highest BCUT2D eigenvalue weighted by molar-refractivity contribution is 6.33. The summed E-state index contributed by atoms with van der Waals surface area (Å²) in [5.41, 5.74) is 0.733. The van der Waals surface area contributed by atoms with E-state index in [1.807, 2.05) is 17.0 Å². The number of nitrogens with zero attached hydrogens (tertiary/aromatic N) is 3. The summed E-state index contributed by atoms with van der Waals surface area (Å²) in [5, 5.41) is 22.3. The number of piperidine rings is 1. The second kappa shape index (κ2) is 7.56. The van der Waals surface area contributed by atoms with Gasteiger partial charge in [0.1, 0.15) is 12.0 Å². The highest BCUT2D eigenvalue weighted by Gasteiger charge is 2.28. The van der Waals surface area contributed by atoms with E-state index in [1.54, 1.807) is 12.1 Å². The SMILES string of the molecule is O=[N+]([O-])c1cnc(N2CCC(C(O)c3ccc(Cl)cc3)CC2)c(Cl)c1. The third kappa shape index (κ3) is 4.03. The van der Waals surface area contributed by atoms with Gasteiger partial charge in [0, 0.05) is 24.2 Å². The fraction of sp³-hybridized carbons (Fsp3) is 0.353. The van der Waals surface area contributed by atoms with E-state index in [1.165, 1.54) is 12.3 Å². The summed E-state index contributed by atoms with van der Waals surface area (Å²) in [6.45, 7) is 1.36. The maximum Gasteiger partial charge on any atom is 0.289 e. The highest BCUT2D eigenvalue weighted by Crippen LogP contribution is 2.35. The zero-order valence-electron chi connectivity index (χ0n) is 13.3. The fourth-order valence-electron chi connectivity index (χ4n) is 3.11. The van der Waals surface area contributed by atoms with Crippen LogP contribution in [0.25, 0.3) is 0 Å². The van der Waals surface area contributed by atoms with Crippen molar-refractivity contribution in [3.8, 4) is 0 Å². The van der Waals surface area contributed by atoms with Crippen molar-refractivity contribution in [2.75, 3.05) is 18.0 Å². The summed E-state index contributed by atoms with van der Waals surface area (Å²) in [7, 11) is 0. The third-order valence-electron chi connectivity index (χ3n) is 4.52. The minimum absolute atomic E-state index is 0.123. The topological polar surface area (TPSA) is 79.5 Å². The van der Waals surface area contributed by atoms with Crippen molar-refractivity contribution in [1.82, 2.24) is 4.98 Å². The van der Waals surface area contributed by atoms with E-state index in [0.29, 0.717) is 23.9 Å². The van der Waals surface area contributed by atoms with Crippen molar-refractivity contribution in [3.05, 3.63) is 62.3 Å². The number of pyridine rings is 1. The number of aliphatic hydroxyl groups excluding tert-OH is 1. The van der Waals surface area contributed by atoms with E-state index < -0.39 is 11.0 Å². The Morgan fingerprint density at radius 2 is 1.88 bits per heavy atom. The first-order valence-corrected chi connectivity index (χ1v) is 8.69. The third-order valence-corrected chi connectivity index (χ3v) is 5.05. The zero-order valence-corrected chi connectivity index (χ0v) is 14.8. The Balaban J connectivity index is 1.65. The van der Waals surface area contributed by atoms with Crippen LogP contribution in [0.2, 0.25) is 10.0 Å². The Morgan fingerprint density at radius 1 is 1.24 bits per heavy atom. The molecule has 1 aliphatic rings. The van der Waals surface area contributed by atoms with Crippen LogP contribution >= 0.6 is 23.2 Å². The second-order valence-electron chi connectivity index (χ2n) is 6.08. The number of hydrogen-bond donors (Lipinski definition) is 1. The molecule has 1 aliphatic heterocycles. The van der Waals surface area contributed by atoms with Crippen molar-refractivity contribution in [3.63, 3.8) is 0 Å². The molecule has 1 unspecified atom stereocenters. The van der Waals surface area contributed by atoms with Gasteiger partial charge in [-0.2, -0.15) is 0 Å². The molecular formula is C17H17Cl2N3O3. The van der Waals surface area contributed by atoms with Gasteiger partial charge in [-0.05, 0) is 36.5 Å². The highest BCUT2D eigenvalue weighted by atomic mass is 35.5. The molecule has 3 rings (SSSR count). The Labute approximate surface area is 155 Å². The van der Waals surface area contributed by atoms with Gasteiger partial charge in [0.15, 0.2) is 0 Å². The van der Waals surface area contributed by atoms with Gasteiger partial charge in [-0.15, -0.1) is 0 Å². The number of hydrogen-bond acceptors (Lipinski definition) is 5. The molecule has 1 saturated heterocycles. The largest absolute Gasteiger partial charge is 0.388 e. The number of benzene rings is 1. The first kappa shape index (κ1) is 17.9. The number of aromatic nitrogens is 1. The fourth-order valence-corrected chi connectivity index (χ4v) is 3.52. The van der Waals surface area contributed by atoms with E-state index >= 15 is 0 Å². The molecular weight excluding hydrogens is 365 g/mol. The lowest BCUT2D eigenvalue weighted by molar-refractivity contribution is -0.385. The van der Waals surface area contributed by atoms with Gasteiger partial charge in [0.25, 0.3) is 5.69 Å². The molecule has 1 atom stereocenters. The Bertz CT molecular complexity index is 762. The summed E-state index contributed by atoms with van der Waals surface area (Å²) in [5.74, 6) is 0.681. The minimum Gasteiger partial charge on any atom is -0.388 e. The van der Waals surface area contributed by atoms with E-state index in [9.17, 15) is 15.2 Å². The number of anilines is 1. The average Bonchev–Trinajstić information content (AvgIpc) is 2.62. The second-order valence-corrected chi connectivity index (χ2v) is 6.92.